The van der Waals surface area contributed by atoms with Gasteiger partial charge in [0.1, 0.15) is 36.3 Å². The van der Waals surface area contributed by atoms with Gasteiger partial charge in [0.05, 0.1) is 22.6 Å². The topological polar surface area (TPSA) is 324 Å². The Hall–Kier alpha value is -6.50. The highest BCUT2D eigenvalue weighted by Crippen LogP contribution is 2.43. The molecule has 0 saturated heterocycles. The zero-order valence-electron chi connectivity index (χ0n) is 39.3. The van der Waals surface area contributed by atoms with Gasteiger partial charge in [-0.1, -0.05) is 55.4 Å². The van der Waals surface area contributed by atoms with E-state index in [0.717, 1.165) is 29.3 Å². The fourth-order valence-electron chi connectivity index (χ4n) is 6.71. The SMILES string of the molecule is CC(C)[C@H](NC(=O)c1ccc(-c2ccc(-c3ccc(-c4ccc(C(=O)N[C@H](C(=O)N[C@H](C(=O)N[C@@H](CC(=O)O)C(=O)O)C(C)C)C(C)C)s4)s3)s2)s1)C(=O)N[C@H](C(=O)N[C@@H](CC(=O)O)C(=O)O)C(C)C. The molecule has 70 heavy (non-hydrogen) atoms. The van der Waals surface area contributed by atoms with Crippen LogP contribution in [0.3, 0.4) is 0 Å². The summed E-state index contributed by atoms with van der Waals surface area (Å²) in [6, 6.07) is 6.58. The first-order chi connectivity index (χ1) is 32.8. The van der Waals surface area contributed by atoms with Crippen LogP contribution in [0.4, 0.5) is 0 Å². The van der Waals surface area contributed by atoms with Crippen LogP contribution in [0.5, 0.6) is 0 Å². The molecule has 6 atom stereocenters. The number of carboxylic acids is 4. The first-order valence-electron chi connectivity index (χ1n) is 21.9. The minimum absolute atomic E-state index is 0.323. The fraction of sp³-hybridized carbons (Fsp3) is 0.435. The van der Waals surface area contributed by atoms with Crippen LogP contribution in [-0.2, 0) is 38.4 Å². The van der Waals surface area contributed by atoms with Crippen molar-refractivity contribution in [2.45, 2.75) is 104 Å². The van der Waals surface area contributed by atoms with Gasteiger partial charge in [0.15, 0.2) is 0 Å². The monoisotopic (exact) mass is 1040 g/mol. The van der Waals surface area contributed by atoms with Crippen molar-refractivity contribution in [3.05, 3.63) is 58.3 Å². The van der Waals surface area contributed by atoms with E-state index in [2.05, 4.69) is 31.9 Å². The second-order valence-electron chi connectivity index (χ2n) is 17.5. The third-order valence-corrected chi connectivity index (χ3v) is 15.5. The average molecular weight is 1050 g/mol. The normalized spacial score (nSPS) is 13.9. The molecule has 4 aromatic rings. The molecule has 0 fully saturated rings. The highest BCUT2D eigenvalue weighted by atomic mass is 32.1. The molecule has 10 N–H and O–H groups in total. The summed E-state index contributed by atoms with van der Waals surface area (Å²) in [7, 11) is 0. The van der Waals surface area contributed by atoms with Crippen molar-refractivity contribution in [1.82, 2.24) is 31.9 Å². The summed E-state index contributed by atoms with van der Waals surface area (Å²) < 4.78 is 0. The number of aliphatic carboxylic acids is 4. The van der Waals surface area contributed by atoms with Crippen LogP contribution in [0.1, 0.15) is 87.6 Å². The third kappa shape index (κ3) is 15.2. The maximum Gasteiger partial charge on any atom is 0.326 e. The molecular formula is C46H56N6O14S4. The Balaban J connectivity index is 1.40. The van der Waals surface area contributed by atoms with E-state index in [-0.39, 0.29) is 0 Å². The van der Waals surface area contributed by atoms with Crippen molar-refractivity contribution >= 4 is 105 Å². The van der Waals surface area contributed by atoms with Crippen molar-refractivity contribution in [3.63, 3.8) is 0 Å². The predicted molar refractivity (Wildman–Crippen MR) is 264 cm³/mol. The van der Waals surface area contributed by atoms with Gasteiger partial charge in [-0.2, -0.15) is 0 Å². The van der Waals surface area contributed by atoms with Crippen LogP contribution >= 0.6 is 45.3 Å². The summed E-state index contributed by atoms with van der Waals surface area (Å²) >= 11 is 5.43. The number of nitrogens with one attached hydrogen (secondary N) is 6. The van der Waals surface area contributed by atoms with Gasteiger partial charge < -0.3 is 52.3 Å². The van der Waals surface area contributed by atoms with Gasteiger partial charge in [-0.25, -0.2) is 9.59 Å². The second kappa shape index (κ2) is 24.9. The van der Waals surface area contributed by atoms with Gasteiger partial charge in [0, 0.05) is 29.3 Å². The van der Waals surface area contributed by atoms with E-state index in [1.54, 1.807) is 79.7 Å². The molecule has 0 unspecified atom stereocenters. The van der Waals surface area contributed by atoms with E-state index in [1.165, 1.54) is 45.3 Å². The van der Waals surface area contributed by atoms with E-state index in [9.17, 15) is 58.2 Å². The van der Waals surface area contributed by atoms with E-state index < -0.39 is 132 Å². The lowest BCUT2D eigenvalue weighted by molar-refractivity contribution is -0.147. The number of carbonyl (C=O) groups is 10. The molecule has 24 heteroatoms. The van der Waals surface area contributed by atoms with Crippen molar-refractivity contribution in [1.29, 1.82) is 0 Å². The Morgan fingerprint density at radius 2 is 0.614 bits per heavy atom. The molecule has 0 spiro atoms. The van der Waals surface area contributed by atoms with Gasteiger partial charge in [-0.05, 0) is 72.2 Å². The molecular weight excluding hydrogens is 989 g/mol. The minimum atomic E-state index is -1.71. The Morgan fingerprint density at radius 3 is 0.871 bits per heavy atom. The summed E-state index contributed by atoms with van der Waals surface area (Å²) in [6.45, 7) is 13.3. The van der Waals surface area contributed by atoms with Crippen LogP contribution in [0.2, 0.25) is 0 Å². The molecule has 4 rings (SSSR count). The first kappa shape index (κ1) is 56.1. The molecule has 0 saturated carbocycles. The lowest BCUT2D eigenvalue weighted by Crippen LogP contribution is -2.58. The quantitative estimate of drug-likeness (QED) is 0.0426. The highest BCUT2D eigenvalue weighted by Gasteiger charge is 2.35. The summed E-state index contributed by atoms with van der Waals surface area (Å²) in [5.41, 5.74) is 0. The molecule has 20 nitrogen and oxygen atoms in total. The molecule has 4 aromatic heterocycles. The lowest BCUT2D eigenvalue weighted by Gasteiger charge is -2.27. The zero-order valence-corrected chi connectivity index (χ0v) is 42.6. The largest absolute Gasteiger partial charge is 0.481 e. The summed E-state index contributed by atoms with van der Waals surface area (Å²) in [5.74, 6) is -12.0. The molecule has 0 radical (unpaired) electrons. The first-order valence-corrected chi connectivity index (χ1v) is 25.2. The van der Waals surface area contributed by atoms with Gasteiger partial charge in [0.2, 0.25) is 23.6 Å². The van der Waals surface area contributed by atoms with Crippen LogP contribution in [0, 0.1) is 23.7 Å². The molecule has 0 aliphatic heterocycles. The zero-order chi connectivity index (χ0) is 52.3. The van der Waals surface area contributed by atoms with E-state index in [0.29, 0.717) is 9.75 Å². The molecule has 0 bridgehead atoms. The Kier molecular flexibility index (Phi) is 19.9. The second-order valence-corrected chi connectivity index (χ2v) is 21.8. The molecule has 6 amide bonds. The number of thiophene rings is 4. The molecule has 0 aromatic carbocycles. The average Bonchev–Trinajstić information content (AvgIpc) is 4.11. The van der Waals surface area contributed by atoms with Gasteiger partial charge >= 0.3 is 23.9 Å². The number of carbonyl (C=O) groups excluding carboxylic acids is 6. The standard InChI is InChI=1S/C46H56N6O14S4/c1-19(2)35(41(59)47-23(45(63)64)17-33(53)54)51-43(61)37(21(5)6)49-39(57)31-15-13-29(69-31)27-11-9-25(67-27)26-10-12-28(68-26)30-14-16-32(70-30)40(58)50-38(22(7)8)44(62)52-36(20(3)4)42(60)48-24(46(65)66)18-34(55)56/h9-16,19-24,35-38H,17-18H2,1-8H3,(H,47,59)(H,48,60)(H,49,57)(H,50,58)(H,51,61)(H,52,62)(H,53,54)(H,55,56)(H,63,64)(H,65,66)/t23-,24-,35-,36-,37-,38-/m0/s1. The maximum atomic E-state index is 13.5. The number of amides is 6. The van der Waals surface area contributed by atoms with Crippen LogP contribution < -0.4 is 31.9 Å². The smallest absolute Gasteiger partial charge is 0.326 e. The molecule has 0 aliphatic rings. The van der Waals surface area contributed by atoms with Crippen LogP contribution in [0.15, 0.2) is 48.5 Å². The predicted octanol–water partition coefficient (Wildman–Crippen LogP) is 4.81. The van der Waals surface area contributed by atoms with E-state index in [1.807, 2.05) is 24.3 Å². The molecule has 378 valence electrons. The van der Waals surface area contributed by atoms with E-state index in [4.69, 9.17) is 10.2 Å². The summed E-state index contributed by atoms with van der Waals surface area (Å²) in [6.07, 6.45) is -1.72. The summed E-state index contributed by atoms with van der Waals surface area (Å²) in [4.78, 5) is 131. The van der Waals surface area contributed by atoms with Crippen molar-refractivity contribution in [2.24, 2.45) is 23.7 Å². The number of carboxylic acid groups (broad SMARTS) is 4. The van der Waals surface area contributed by atoms with Gasteiger partial charge in [-0.3, -0.25) is 38.4 Å². The Labute approximate surface area is 418 Å². The van der Waals surface area contributed by atoms with E-state index >= 15 is 0 Å². The third-order valence-electron chi connectivity index (χ3n) is 10.6. The van der Waals surface area contributed by atoms with Crippen LogP contribution in [0.25, 0.3) is 29.3 Å². The van der Waals surface area contributed by atoms with Crippen LogP contribution in [-0.4, -0.2) is 116 Å². The minimum Gasteiger partial charge on any atom is -0.481 e. The Bertz CT molecular complexity index is 2420. The number of hydrogen-bond donors (Lipinski definition) is 10. The number of hydrogen-bond acceptors (Lipinski definition) is 14. The van der Waals surface area contributed by atoms with Crippen molar-refractivity contribution in [3.8, 4) is 29.3 Å². The maximum absolute atomic E-state index is 13.5. The fourth-order valence-corrected chi connectivity index (χ4v) is 10.8. The van der Waals surface area contributed by atoms with Gasteiger partial charge in [-0.15, -0.1) is 45.3 Å². The Morgan fingerprint density at radius 1 is 0.371 bits per heavy atom. The van der Waals surface area contributed by atoms with Gasteiger partial charge in [0.25, 0.3) is 11.8 Å². The highest BCUT2D eigenvalue weighted by molar-refractivity contribution is 7.29. The summed E-state index contributed by atoms with van der Waals surface area (Å²) in [5, 5.41) is 51.9. The number of rotatable bonds is 25. The lowest BCUT2D eigenvalue weighted by atomic mass is 9.99. The molecule has 0 aliphatic carbocycles. The molecule has 4 heterocycles. The van der Waals surface area contributed by atoms with Crippen molar-refractivity contribution in [2.75, 3.05) is 0 Å². The van der Waals surface area contributed by atoms with Crippen molar-refractivity contribution < 1.29 is 68.4 Å².